The number of cyclic esters (lactones) is 2. The average molecular weight is 336 g/mol. The van der Waals surface area contributed by atoms with E-state index in [-0.39, 0.29) is 23.8 Å². The second kappa shape index (κ2) is 8.26. The summed E-state index contributed by atoms with van der Waals surface area (Å²) in [5.41, 5.74) is 0. The second-order valence-corrected chi connectivity index (χ2v) is 8.67. The topological polar surface area (TPSA) is 98.7 Å². The zero-order chi connectivity index (χ0) is 15.2. The summed E-state index contributed by atoms with van der Waals surface area (Å²) < 4.78 is 32.8. The van der Waals surface area contributed by atoms with Gasteiger partial charge in [0.25, 0.3) is 0 Å². The van der Waals surface area contributed by atoms with Crippen LogP contribution >= 0.6 is 0 Å². The van der Waals surface area contributed by atoms with E-state index in [1.807, 2.05) is 0 Å². The van der Waals surface area contributed by atoms with E-state index in [1.54, 1.807) is 0 Å². The SMILES string of the molecule is O=C1OCC1CC[S+]([O-])CCC[S+]([O-])CCC1COC1=O. The third kappa shape index (κ3) is 5.36. The minimum absolute atomic E-state index is 0.0784. The van der Waals surface area contributed by atoms with Gasteiger partial charge in [-0.25, -0.2) is 0 Å². The fraction of sp³-hybridized carbons (Fsp3) is 0.846. The molecule has 2 aliphatic rings. The molecule has 0 aromatic carbocycles. The van der Waals surface area contributed by atoms with Crippen molar-refractivity contribution in [3.8, 4) is 0 Å². The molecule has 0 aromatic rings. The molecule has 0 spiro atoms. The molecule has 4 atom stereocenters. The predicted octanol–water partition coefficient (Wildman–Crippen LogP) is 0.0001000. The first-order valence-corrected chi connectivity index (χ1v) is 10.1. The summed E-state index contributed by atoms with van der Waals surface area (Å²) in [4.78, 5) is 21.9. The van der Waals surface area contributed by atoms with Gasteiger partial charge >= 0.3 is 11.9 Å². The molecule has 21 heavy (non-hydrogen) atoms. The Kier molecular flexibility index (Phi) is 6.66. The third-order valence-corrected chi connectivity index (χ3v) is 6.52. The van der Waals surface area contributed by atoms with Crippen LogP contribution in [0, 0.1) is 11.8 Å². The lowest BCUT2D eigenvalue weighted by Gasteiger charge is -2.25. The van der Waals surface area contributed by atoms with Crippen molar-refractivity contribution in [2.75, 3.05) is 36.2 Å². The summed E-state index contributed by atoms with van der Waals surface area (Å²) in [6.45, 7) is 0.896. The Hall–Kier alpha value is -0.440. The Morgan fingerprint density at radius 3 is 1.57 bits per heavy atom. The Bertz CT molecular complexity index is 344. The lowest BCUT2D eigenvalue weighted by atomic mass is 10.1. The van der Waals surface area contributed by atoms with E-state index >= 15 is 0 Å². The lowest BCUT2D eigenvalue weighted by Crippen LogP contribution is -2.36. The van der Waals surface area contributed by atoms with Crippen molar-refractivity contribution < 1.29 is 28.2 Å². The summed E-state index contributed by atoms with van der Waals surface area (Å²) >= 11 is -1.93. The molecule has 4 unspecified atom stereocenters. The molecule has 2 rings (SSSR count). The molecule has 2 heterocycles. The first kappa shape index (κ1) is 16.9. The van der Waals surface area contributed by atoms with E-state index in [9.17, 15) is 18.7 Å². The smallest absolute Gasteiger partial charge is 0.312 e. The molecule has 0 radical (unpaired) electrons. The van der Waals surface area contributed by atoms with Crippen LogP contribution in [0.5, 0.6) is 0 Å². The normalized spacial score (nSPS) is 27.1. The number of hydrogen-bond donors (Lipinski definition) is 0. The van der Waals surface area contributed by atoms with Gasteiger partial charge in [0.15, 0.2) is 0 Å². The van der Waals surface area contributed by atoms with Crippen molar-refractivity contribution in [1.29, 1.82) is 0 Å². The van der Waals surface area contributed by atoms with Crippen molar-refractivity contribution in [3.05, 3.63) is 0 Å². The fourth-order valence-corrected chi connectivity index (χ4v) is 4.69. The molecule has 0 aromatic heterocycles. The predicted molar refractivity (Wildman–Crippen MR) is 78.5 cm³/mol. The average Bonchev–Trinajstić information content (AvgIpc) is 2.44. The van der Waals surface area contributed by atoms with Gasteiger partial charge in [0.05, 0.1) is 11.8 Å². The van der Waals surface area contributed by atoms with Gasteiger partial charge in [-0.2, -0.15) is 0 Å². The summed E-state index contributed by atoms with van der Waals surface area (Å²) in [7, 11) is 0. The maximum atomic E-state index is 11.7. The van der Waals surface area contributed by atoms with Crippen molar-refractivity contribution in [1.82, 2.24) is 0 Å². The molecular formula is C13H20O6S2. The maximum absolute atomic E-state index is 11.7. The highest BCUT2D eigenvalue weighted by Gasteiger charge is 2.32. The van der Waals surface area contributed by atoms with E-state index in [4.69, 9.17) is 0 Å². The minimum atomic E-state index is -0.965. The monoisotopic (exact) mass is 336 g/mol. The summed E-state index contributed by atoms with van der Waals surface area (Å²) in [6.07, 6.45) is 1.86. The van der Waals surface area contributed by atoms with Gasteiger partial charge in [0.1, 0.15) is 36.2 Å². The van der Waals surface area contributed by atoms with Crippen molar-refractivity contribution in [2.24, 2.45) is 11.8 Å². The Morgan fingerprint density at radius 2 is 1.29 bits per heavy atom. The molecule has 0 amide bonds. The van der Waals surface area contributed by atoms with E-state index in [0.717, 1.165) is 0 Å². The number of carbonyl (C=O) groups is 2. The quantitative estimate of drug-likeness (QED) is 0.411. The van der Waals surface area contributed by atoms with Gasteiger partial charge in [-0.15, -0.1) is 0 Å². The van der Waals surface area contributed by atoms with Crippen LogP contribution < -0.4 is 0 Å². The number of ether oxygens (including phenoxy) is 2. The highest BCUT2D eigenvalue weighted by molar-refractivity contribution is 7.92. The number of carbonyl (C=O) groups excluding carboxylic acids is 2. The Labute approximate surface area is 130 Å². The molecule has 2 fully saturated rings. The van der Waals surface area contributed by atoms with Crippen LogP contribution in [0.15, 0.2) is 0 Å². The first-order chi connectivity index (χ1) is 10.1. The van der Waals surface area contributed by atoms with Crippen LogP contribution in [-0.4, -0.2) is 57.3 Å². The number of hydrogen-bond acceptors (Lipinski definition) is 6. The molecule has 2 aliphatic heterocycles. The van der Waals surface area contributed by atoms with Crippen LogP contribution in [0.1, 0.15) is 19.3 Å². The van der Waals surface area contributed by atoms with Gasteiger partial charge in [0.2, 0.25) is 0 Å². The van der Waals surface area contributed by atoms with Gasteiger partial charge in [-0.1, -0.05) is 22.4 Å². The van der Waals surface area contributed by atoms with E-state index in [2.05, 4.69) is 9.47 Å². The van der Waals surface area contributed by atoms with E-state index < -0.39 is 22.4 Å². The molecule has 0 bridgehead atoms. The van der Waals surface area contributed by atoms with Crippen LogP contribution in [0.2, 0.25) is 0 Å². The van der Waals surface area contributed by atoms with Gasteiger partial charge < -0.3 is 18.6 Å². The minimum Gasteiger partial charge on any atom is -0.616 e. The molecule has 120 valence electrons. The Morgan fingerprint density at radius 1 is 0.857 bits per heavy atom. The maximum Gasteiger partial charge on any atom is 0.312 e. The van der Waals surface area contributed by atoms with Crippen LogP contribution in [-0.2, 0) is 41.4 Å². The van der Waals surface area contributed by atoms with Crippen LogP contribution in [0.4, 0.5) is 0 Å². The van der Waals surface area contributed by atoms with Gasteiger partial charge in [-0.05, 0) is 0 Å². The van der Waals surface area contributed by atoms with Gasteiger partial charge in [0, 0.05) is 19.3 Å². The van der Waals surface area contributed by atoms with Crippen molar-refractivity contribution in [2.45, 2.75) is 19.3 Å². The van der Waals surface area contributed by atoms with E-state index in [1.165, 1.54) is 0 Å². The first-order valence-electron chi connectivity index (χ1n) is 7.09. The molecule has 0 saturated carbocycles. The van der Waals surface area contributed by atoms with Crippen LogP contribution in [0.25, 0.3) is 0 Å². The number of rotatable bonds is 10. The molecular weight excluding hydrogens is 316 g/mol. The summed E-state index contributed by atoms with van der Waals surface area (Å²) in [6, 6.07) is 0. The zero-order valence-corrected chi connectivity index (χ0v) is 13.4. The van der Waals surface area contributed by atoms with Crippen molar-refractivity contribution in [3.63, 3.8) is 0 Å². The summed E-state index contributed by atoms with van der Waals surface area (Å²) in [5.74, 6) is 1.49. The second-order valence-electron chi connectivity index (χ2n) is 5.28. The highest BCUT2D eigenvalue weighted by atomic mass is 32.2. The van der Waals surface area contributed by atoms with E-state index in [0.29, 0.717) is 55.5 Å². The molecule has 6 nitrogen and oxygen atoms in total. The lowest BCUT2D eigenvalue weighted by molar-refractivity contribution is -0.169. The number of esters is 2. The van der Waals surface area contributed by atoms with Crippen LogP contribution in [0.3, 0.4) is 0 Å². The third-order valence-electron chi connectivity index (χ3n) is 3.65. The van der Waals surface area contributed by atoms with Gasteiger partial charge in [-0.3, -0.25) is 9.59 Å². The largest absolute Gasteiger partial charge is 0.616 e. The van der Waals surface area contributed by atoms with Crippen molar-refractivity contribution >= 4 is 34.3 Å². The molecule has 2 saturated heterocycles. The standard InChI is InChI=1S/C13H20O6S2/c14-12-10(8-18-12)2-6-20(16)4-1-5-21(17)7-3-11-9-19-13(11)15/h10-11H,1-9H2. The highest BCUT2D eigenvalue weighted by Crippen LogP contribution is 2.19. The molecule has 0 N–H and O–H groups in total. The Balaban J connectivity index is 1.45. The molecule has 8 heteroatoms. The fourth-order valence-electron chi connectivity index (χ4n) is 2.07. The zero-order valence-electron chi connectivity index (χ0n) is 11.8. The molecule has 0 aliphatic carbocycles. The summed E-state index contributed by atoms with van der Waals surface area (Å²) in [5, 5.41) is 0.